The van der Waals surface area contributed by atoms with Gasteiger partial charge >= 0.3 is 0 Å². The highest BCUT2D eigenvalue weighted by Gasteiger charge is 2.25. The molecule has 1 aliphatic carbocycles. The minimum absolute atomic E-state index is 0.237. The number of piperidine rings is 1. The van der Waals surface area contributed by atoms with Crippen molar-refractivity contribution in [1.29, 1.82) is 0 Å². The zero-order valence-corrected chi connectivity index (χ0v) is 12.0. The molecule has 110 valence electrons. The lowest BCUT2D eigenvalue weighted by molar-refractivity contribution is 0.157. The van der Waals surface area contributed by atoms with Crippen molar-refractivity contribution >= 4 is 16.9 Å². The molecule has 0 spiro atoms. The second-order valence-corrected chi connectivity index (χ2v) is 5.85. The molecule has 5 nitrogen and oxygen atoms in total. The van der Waals surface area contributed by atoms with Crippen LogP contribution in [0.15, 0.2) is 24.3 Å². The summed E-state index contributed by atoms with van der Waals surface area (Å²) in [5.74, 6) is 1.46. The third-order valence-corrected chi connectivity index (χ3v) is 4.02. The van der Waals surface area contributed by atoms with Crippen LogP contribution in [0.4, 0.5) is 5.82 Å². The summed E-state index contributed by atoms with van der Waals surface area (Å²) >= 11 is 0. The highest BCUT2D eigenvalue weighted by molar-refractivity contribution is 5.77. The maximum atomic E-state index is 6.15. The lowest BCUT2D eigenvalue weighted by atomic mass is 10.1. The zero-order valence-electron chi connectivity index (χ0n) is 12.0. The standard InChI is InChI=1S/C16H20N4O/c1-2-4-14-13(3-1)19-15(18-11-5-6-11)16(20-14)21-12-7-9-17-10-8-12/h1-4,11-12,17H,5-10H2,(H,18,19). The highest BCUT2D eigenvalue weighted by Crippen LogP contribution is 2.31. The fraction of sp³-hybridized carbons (Fsp3) is 0.500. The Bertz CT molecular complexity index is 635. The number of anilines is 1. The van der Waals surface area contributed by atoms with Crippen LogP contribution in [0.3, 0.4) is 0 Å². The number of ether oxygens (including phenoxy) is 1. The number of para-hydroxylation sites is 2. The normalized spacial score (nSPS) is 19.6. The van der Waals surface area contributed by atoms with Crippen molar-refractivity contribution in [2.75, 3.05) is 18.4 Å². The first-order valence-electron chi connectivity index (χ1n) is 7.79. The molecule has 2 heterocycles. The maximum absolute atomic E-state index is 6.15. The van der Waals surface area contributed by atoms with E-state index < -0.39 is 0 Å². The Morgan fingerprint density at radius 2 is 1.71 bits per heavy atom. The minimum Gasteiger partial charge on any atom is -0.472 e. The lowest BCUT2D eigenvalue weighted by Crippen LogP contribution is -2.34. The van der Waals surface area contributed by atoms with Crippen LogP contribution in [0.1, 0.15) is 25.7 Å². The number of rotatable bonds is 4. The van der Waals surface area contributed by atoms with Crippen LogP contribution in [-0.2, 0) is 0 Å². The smallest absolute Gasteiger partial charge is 0.258 e. The van der Waals surface area contributed by atoms with E-state index in [9.17, 15) is 0 Å². The van der Waals surface area contributed by atoms with Gasteiger partial charge in [-0.05, 0) is 50.9 Å². The number of nitrogens with one attached hydrogen (secondary N) is 2. The molecule has 2 aliphatic rings. The molecule has 1 aromatic heterocycles. The fourth-order valence-corrected chi connectivity index (χ4v) is 2.65. The summed E-state index contributed by atoms with van der Waals surface area (Å²) in [5.41, 5.74) is 1.81. The van der Waals surface area contributed by atoms with Crippen LogP contribution in [0, 0.1) is 0 Å². The van der Waals surface area contributed by atoms with Crippen molar-refractivity contribution in [1.82, 2.24) is 15.3 Å². The second kappa shape index (κ2) is 5.48. The molecule has 1 aliphatic heterocycles. The van der Waals surface area contributed by atoms with Crippen molar-refractivity contribution in [2.24, 2.45) is 0 Å². The zero-order chi connectivity index (χ0) is 14.1. The van der Waals surface area contributed by atoms with Gasteiger partial charge in [-0.1, -0.05) is 12.1 Å². The van der Waals surface area contributed by atoms with Crippen LogP contribution in [0.5, 0.6) is 5.88 Å². The monoisotopic (exact) mass is 284 g/mol. The number of benzene rings is 1. The first-order chi connectivity index (χ1) is 10.4. The van der Waals surface area contributed by atoms with Gasteiger partial charge in [0, 0.05) is 6.04 Å². The molecule has 1 saturated carbocycles. The average molecular weight is 284 g/mol. The Morgan fingerprint density at radius 1 is 1.00 bits per heavy atom. The van der Waals surface area contributed by atoms with Crippen molar-refractivity contribution in [3.63, 3.8) is 0 Å². The number of hydrogen-bond donors (Lipinski definition) is 2. The van der Waals surface area contributed by atoms with Gasteiger partial charge in [0.15, 0.2) is 5.82 Å². The van der Waals surface area contributed by atoms with Crippen LogP contribution >= 0.6 is 0 Å². The highest BCUT2D eigenvalue weighted by atomic mass is 16.5. The van der Waals surface area contributed by atoms with Crippen LogP contribution in [-0.4, -0.2) is 35.2 Å². The summed E-state index contributed by atoms with van der Waals surface area (Å²) in [6.45, 7) is 2.02. The molecule has 2 aromatic rings. The Kier molecular flexibility index (Phi) is 3.35. The molecule has 0 atom stereocenters. The quantitative estimate of drug-likeness (QED) is 0.902. The molecular weight excluding hydrogens is 264 g/mol. The summed E-state index contributed by atoms with van der Waals surface area (Å²) in [7, 11) is 0. The van der Waals surface area contributed by atoms with Gasteiger partial charge < -0.3 is 15.4 Å². The van der Waals surface area contributed by atoms with Crippen LogP contribution in [0.2, 0.25) is 0 Å². The van der Waals surface area contributed by atoms with Crippen molar-refractivity contribution in [3.8, 4) is 5.88 Å². The Balaban J connectivity index is 1.65. The summed E-state index contributed by atoms with van der Waals surface area (Å²) < 4.78 is 6.15. The molecule has 0 bridgehead atoms. The predicted octanol–water partition coefficient (Wildman–Crippen LogP) is 2.33. The number of fused-ring (bicyclic) bond motifs is 1. The van der Waals surface area contributed by atoms with E-state index in [1.54, 1.807) is 0 Å². The first-order valence-corrected chi connectivity index (χ1v) is 7.79. The SMILES string of the molecule is c1ccc2nc(OC3CCNCC3)c(NC3CC3)nc2c1. The van der Waals surface area contributed by atoms with Crippen LogP contribution < -0.4 is 15.4 Å². The average Bonchev–Trinajstić information content (AvgIpc) is 3.33. The van der Waals surface area contributed by atoms with Gasteiger partial charge in [0.05, 0.1) is 11.0 Å². The van der Waals surface area contributed by atoms with Gasteiger partial charge in [-0.15, -0.1) is 0 Å². The van der Waals surface area contributed by atoms with Crippen molar-refractivity contribution in [2.45, 2.75) is 37.8 Å². The predicted molar refractivity (Wildman–Crippen MR) is 82.7 cm³/mol. The van der Waals surface area contributed by atoms with Crippen molar-refractivity contribution < 1.29 is 4.74 Å². The molecule has 2 N–H and O–H groups in total. The first kappa shape index (κ1) is 12.8. The van der Waals surface area contributed by atoms with Gasteiger partial charge in [-0.2, -0.15) is 0 Å². The molecule has 5 heteroatoms. The molecule has 2 fully saturated rings. The minimum atomic E-state index is 0.237. The van der Waals surface area contributed by atoms with E-state index in [-0.39, 0.29) is 6.10 Å². The lowest BCUT2D eigenvalue weighted by Gasteiger charge is -2.24. The molecule has 4 rings (SSSR count). The second-order valence-electron chi connectivity index (χ2n) is 5.85. The molecular formula is C16H20N4O. The van der Waals surface area contributed by atoms with Crippen LogP contribution in [0.25, 0.3) is 11.0 Å². The summed E-state index contributed by atoms with van der Waals surface area (Å²) in [6, 6.07) is 8.49. The Morgan fingerprint density at radius 3 is 2.43 bits per heavy atom. The van der Waals surface area contributed by atoms with Gasteiger partial charge in [0.2, 0.25) is 0 Å². The Hall–Kier alpha value is -1.88. The van der Waals surface area contributed by atoms with E-state index in [1.165, 1.54) is 12.8 Å². The van der Waals surface area contributed by atoms with Crippen molar-refractivity contribution in [3.05, 3.63) is 24.3 Å². The maximum Gasteiger partial charge on any atom is 0.258 e. The molecule has 1 aromatic carbocycles. The molecule has 0 amide bonds. The molecule has 0 radical (unpaired) electrons. The van der Waals surface area contributed by atoms with E-state index in [0.29, 0.717) is 11.9 Å². The van der Waals surface area contributed by atoms with E-state index in [2.05, 4.69) is 15.6 Å². The topological polar surface area (TPSA) is 59.1 Å². The van der Waals surface area contributed by atoms with E-state index in [4.69, 9.17) is 9.72 Å². The molecule has 1 saturated heterocycles. The number of hydrogen-bond acceptors (Lipinski definition) is 5. The number of aromatic nitrogens is 2. The van der Waals surface area contributed by atoms with Gasteiger partial charge in [-0.25, -0.2) is 9.97 Å². The molecule has 21 heavy (non-hydrogen) atoms. The number of nitrogens with zero attached hydrogens (tertiary/aromatic N) is 2. The third kappa shape index (κ3) is 2.93. The summed E-state index contributed by atoms with van der Waals surface area (Å²) in [6.07, 6.45) is 4.71. The third-order valence-electron chi connectivity index (χ3n) is 4.02. The van der Waals surface area contributed by atoms with Gasteiger partial charge in [0.1, 0.15) is 6.10 Å². The van der Waals surface area contributed by atoms with E-state index in [1.807, 2.05) is 24.3 Å². The van der Waals surface area contributed by atoms with Gasteiger partial charge in [-0.3, -0.25) is 0 Å². The van der Waals surface area contributed by atoms with E-state index in [0.717, 1.165) is 42.8 Å². The van der Waals surface area contributed by atoms with Gasteiger partial charge in [0.25, 0.3) is 5.88 Å². The Labute approximate surface area is 124 Å². The summed E-state index contributed by atoms with van der Waals surface area (Å²) in [4.78, 5) is 9.39. The fourth-order valence-electron chi connectivity index (χ4n) is 2.65. The summed E-state index contributed by atoms with van der Waals surface area (Å²) in [5, 5.41) is 6.81. The largest absolute Gasteiger partial charge is 0.472 e. The molecule has 0 unspecified atom stereocenters. The van der Waals surface area contributed by atoms with E-state index >= 15 is 0 Å².